The first-order valence-corrected chi connectivity index (χ1v) is 13.6. The van der Waals surface area contributed by atoms with Gasteiger partial charge in [-0.2, -0.15) is 0 Å². The molecule has 4 heterocycles. The van der Waals surface area contributed by atoms with E-state index in [0.717, 1.165) is 28.9 Å². The van der Waals surface area contributed by atoms with Crippen molar-refractivity contribution in [3.8, 4) is 11.5 Å². The minimum atomic E-state index is -0.396. The highest BCUT2D eigenvalue weighted by atomic mass is 16.6. The van der Waals surface area contributed by atoms with Crippen LogP contribution in [-0.2, 0) is 24.2 Å². The summed E-state index contributed by atoms with van der Waals surface area (Å²) >= 11 is 0. The molecular formula is C30H32N4O6. The topological polar surface area (TPSA) is 116 Å². The van der Waals surface area contributed by atoms with Crippen molar-refractivity contribution in [3.05, 3.63) is 91.9 Å². The highest BCUT2D eigenvalue weighted by Crippen LogP contribution is 2.47. The van der Waals surface area contributed by atoms with Crippen LogP contribution in [0.2, 0.25) is 0 Å². The maximum Gasteiger partial charge on any atom is 0.269 e. The number of pyridine rings is 1. The number of benzene rings is 2. The molecule has 10 nitrogen and oxygen atoms in total. The second kappa shape index (κ2) is 10.3. The van der Waals surface area contributed by atoms with Gasteiger partial charge in [0.1, 0.15) is 0 Å². The number of carbonyl (C=O) groups is 1. The predicted octanol–water partition coefficient (Wildman–Crippen LogP) is 3.30. The summed E-state index contributed by atoms with van der Waals surface area (Å²) in [6.45, 7) is 1.66. The molecule has 1 N–H and O–H groups in total. The van der Waals surface area contributed by atoms with Gasteiger partial charge in [-0.3, -0.25) is 19.7 Å². The molecule has 3 aliphatic rings. The van der Waals surface area contributed by atoms with Gasteiger partial charge in [0.05, 0.1) is 25.1 Å². The van der Waals surface area contributed by atoms with E-state index in [1.165, 1.54) is 0 Å². The lowest BCUT2D eigenvalue weighted by atomic mass is 9.70. The Balaban J connectivity index is 1.28. The fourth-order valence-corrected chi connectivity index (χ4v) is 6.95. The van der Waals surface area contributed by atoms with Crippen molar-refractivity contribution >= 4 is 17.3 Å². The molecule has 0 radical (unpaired) electrons. The Morgan fingerprint density at radius 1 is 1.07 bits per heavy atom. The van der Waals surface area contributed by atoms with Gasteiger partial charge in [0.15, 0.2) is 11.5 Å². The number of non-ortho nitro benzene ring substituents is 1. The first-order valence-electron chi connectivity index (χ1n) is 13.6. The molecule has 3 aromatic rings. The number of nitrogens with one attached hydrogen (secondary N) is 1. The molecule has 0 saturated carbocycles. The molecule has 10 heteroatoms. The number of nitrogens with zero attached hydrogens (tertiary/aromatic N) is 3. The lowest BCUT2D eigenvalue weighted by molar-refractivity contribution is -0.384. The van der Waals surface area contributed by atoms with Crippen molar-refractivity contribution in [1.82, 2.24) is 9.88 Å². The van der Waals surface area contributed by atoms with Gasteiger partial charge in [-0.25, -0.2) is 0 Å². The van der Waals surface area contributed by atoms with Gasteiger partial charge in [0.2, 0.25) is 5.91 Å². The third kappa shape index (κ3) is 4.47. The Morgan fingerprint density at radius 3 is 2.67 bits per heavy atom. The van der Waals surface area contributed by atoms with Crippen LogP contribution in [0.15, 0.2) is 59.4 Å². The van der Waals surface area contributed by atoms with Crippen molar-refractivity contribution in [1.29, 1.82) is 0 Å². The molecule has 2 aromatic carbocycles. The van der Waals surface area contributed by atoms with E-state index in [4.69, 9.17) is 9.47 Å². The second-order valence-corrected chi connectivity index (χ2v) is 10.8. The molecule has 0 unspecified atom stereocenters. The van der Waals surface area contributed by atoms with Crippen LogP contribution in [0.5, 0.6) is 11.5 Å². The number of fused-ring (bicyclic) bond motifs is 8. The summed E-state index contributed by atoms with van der Waals surface area (Å²) in [6, 6.07) is 16.0. The fourth-order valence-electron chi connectivity index (χ4n) is 6.95. The molecule has 3 aliphatic heterocycles. The Morgan fingerprint density at radius 2 is 1.90 bits per heavy atom. The van der Waals surface area contributed by atoms with Crippen molar-refractivity contribution in [2.75, 3.05) is 32.2 Å². The summed E-state index contributed by atoms with van der Waals surface area (Å²) in [4.78, 5) is 39.9. The highest BCUT2D eigenvalue weighted by Gasteiger charge is 2.49. The minimum Gasteiger partial charge on any atom is -0.493 e. The van der Waals surface area contributed by atoms with Gasteiger partial charge in [0, 0.05) is 61.2 Å². The van der Waals surface area contributed by atoms with Crippen LogP contribution in [0.1, 0.15) is 29.2 Å². The summed E-state index contributed by atoms with van der Waals surface area (Å²) in [6.07, 6.45) is 1.93. The maximum absolute atomic E-state index is 13.8. The Kier molecular flexibility index (Phi) is 6.69. The monoisotopic (exact) mass is 544 g/mol. The number of nitro benzene ring substituents is 1. The number of carbonyl (C=O) groups excluding carboxylic acids is 1. The van der Waals surface area contributed by atoms with Crippen LogP contribution in [0.25, 0.3) is 0 Å². The zero-order valence-electron chi connectivity index (χ0n) is 22.5. The largest absolute Gasteiger partial charge is 0.493 e. The smallest absolute Gasteiger partial charge is 0.269 e. The molecular weight excluding hydrogens is 512 g/mol. The number of hydrogen-bond donors (Lipinski definition) is 1. The van der Waals surface area contributed by atoms with Gasteiger partial charge in [-0.05, 0) is 60.6 Å². The van der Waals surface area contributed by atoms with E-state index in [1.54, 1.807) is 32.4 Å². The van der Waals surface area contributed by atoms with Crippen molar-refractivity contribution in [2.24, 2.45) is 11.8 Å². The maximum atomic E-state index is 13.8. The number of nitro groups is 1. The van der Waals surface area contributed by atoms with Crippen LogP contribution < -0.4 is 25.2 Å². The number of methoxy groups -OCH3 is 2. The third-order valence-corrected chi connectivity index (χ3v) is 8.70. The average Bonchev–Trinajstić information content (AvgIpc) is 2.96. The molecule has 40 heavy (non-hydrogen) atoms. The molecule has 0 spiro atoms. The zero-order valence-corrected chi connectivity index (χ0v) is 22.5. The Bertz CT molecular complexity index is 1530. The van der Waals surface area contributed by atoms with E-state index in [2.05, 4.69) is 10.2 Å². The number of aromatic nitrogens is 1. The zero-order chi connectivity index (χ0) is 28.0. The number of amides is 1. The first kappa shape index (κ1) is 25.9. The van der Waals surface area contributed by atoms with Crippen LogP contribution >= 0.6 is 0 Å². The summed E-state index contributed by atoms with van der Waals surface area (Å²) < 4.78 is 12.6. The predicted molar refractivity (Wildman–Crippen MR) is 149 cm³/mol. The Labute approximate surface area is 231 Å². The van der Waals surface area contributed by atoms with Gasteiger partial charge in [0.25, 0.3) is 11.2 Å². The third-order valence-electron chi connectivity index (χ3n) is 8.70. The van der Waals surface area contributed by atoms with E-state index in [1.807, 2.05) is 41.0 Å². The van der Waals surface area contributed by atoms with E-state index >= 15 is 0 Å². The first-order chi connectivity index (χ1) is 19.4. The molecule has 1 saturated heterocycles. The molecule has 1 aromatic heterocycles. The van der Waals surface area contributed by atoms with Gasteiger partial charge < -0.3 is 24.3 Å². The molecule has 6 rings (SSSR count). The molecule has 2 bridgehead atoms. The number of hydrogen-bond acceptors (Lipinski definition) is 7. The fraction of sp³-hybridized carbons (Fsp3) is 0.400. The quantitative estimate of drug-likeness (QED) is 0.358. The van der Waals surface area contributed by atoms with Crippen molar-refractivity contribution in [3.63, 3.8) is 0 Å². The number of piperidine rings is 1. The highest BCUT2D eigenvalue weighted by molar-refractivity contribution is 5.82. The van der Waals surface area contributed by atoms with Gasteiger partial charge in [-0.1, -0.05) is 12.1 Å². The van der Waals surface area contributed by atoms with E-state index in [0.29, 0.717) is 44.0 Å². The van der Waals surface area contributed by atoms with Crippen LogP contribution in [0.4, 0.5) is 11.4 Å². The van der Waals surface area contributed by atoms with E-state index in [9.17, 15) is 19.7 Å². The molecule has 208 valence electrons. The van der Waals surface area contributed by atoms with Crippen molar-refractivity contribution in [2.45, 2.75) is 37.8 Å². The molecule has 1 amide bonds. The second-order valence-electron chi connectivity index (χ2n) is 10.8. The van der Waals surface area contributed by atoms with Crippen LogP contribution in [0.3, 0.4) is 0 Å². The number of rotatable bonds is 7. The summed E-state index contributed by atoms with van der Waals surface area (Å²) in [5, 5.41) is 14.7. The van der Waals surface area contributed by atoms with Crippen LogP contribution in [0, 0.1) is 22.0 Å². The summed E-state index contributed by atoms with van der Waals surface area (Å²) in [5.74, 6) is 1.07. The van der Waals surface area contributed by atoms with Crippen molar-refractivity contribution < 1.29 is 19.2 Å². The summed E-state index contributed by atoms with van der Waals surface area (Å²) in [7, 11) is 3.18. The van der Waals surface area contributed by atoms with Gasteiger partial charge in [-0.15, -0.1) is 0 Å². The Hall–Kier alpha value is -4.34. The van der Waals surface area contributed by atoms with Gasteiger partial charge >= 0.3 is 0 Å². The lowest BCUT2D eigenvalue weighted by Crippen LogP contribution is -2.61. The SMILES string of the molecule is COc1ccc(CCNC(=O)[C@@H]2Cc3cc([N+](=O)[O-])ccc3N3C[C@@H]4C[C@@H](Cn5c4cccc5=O)[C@@H]23)cc1OC. The minimum absolute atomic E-state index is 0.0107. The lowest BCUT2D eigenvalue weighted by Gasteiger charge is -2.54. The number of anilines is 1. The summed E-state index contributed by atoms with van der Waals surface area (Å²) in [5.41, 5.74) is 3.81. The van der Waals surface area contributed by atoms with E-state index < -0.39 is 10.8 Å². The molecule has 0 aliphatic carbocycles. The standard InChI is InChI=1S/C30H32N4O6/c1-39-26-9-6-18(12-27(26)40-2)10-11-31-30(36)23-15-19-14-22(34(37)38)7-8-25(19)33-16-20-13-21(29(23)33)17-32-24(20)4-3-5-28(32)35/h3-9,12,14,20-21,23,29H,10-11,13,15-17H2,1-2H3,(H,31,36)/t20-,21-,23+,29-/m0/s1. The average molecular weight is 545 g/mol. The molecule has 4 atom stereocenters. The normalized spacial score (nSPS) is 22.4. The van der Waals surface area contributed by atoms with E-state index in [-0.39, 0.29) is 35.0 Å². The number of ether oxygens (including phenoxy) is 2. The van der Waals surface area contributed by atoms with Crippen LogP contribution in [-0.4, -0.2) is 48.7 Å². The molecule has 1 fully saturated rings.